The maximum Gasteiger partial charge on any atom is 0.262 e. The van der Waals surface area contributed by atoms with Crippen LogP contribution in [0.1, 0.15) is 31.9 Å². The number of nitrogens with zero attached hydrogens (tertiary/aromatic N) is 3. The fraction of sp³-hybridized carbons (Fsp3) is 0.368. The quantitative estimate of drug-likeness (QED) is 0.470. The van der Waals surface area contributed by atoms with Crippen LogP contribution in [0.2, 0.25) is 0 Å². The molecule has 0 unspecified atom stereocenters. The number of benzene rings is 1. The Morgan fingerprint density at radius 1 is 1.33 bits per heavy atom. The number of hydrogen-bond acceptors (Lipinski definition) is 6. The van der Waals surface area contributed by atoms with Crippen LogP contribution in [0.3, 0.4) is 0 Å². The molecule has 3 aromatic rings. The van der Waals surface area contributed by atoms with Crippen molar-refractivity contribution in [3.8, 4) is 0 Å². The molecular formula is C19H22N4O3S. The van der Waals surface area contributed by atoms with Crippen LogP contribution in [0.25, 0.3) is 10.9 Å². The smallest absolute Gasteiger partial charge is 0.262 e. The van der Waals surface area contributed by atoms with Crippen molar-refractivity contribution >= 4 is 34.4 Å². The largest absolute Gasteiger partial charge is 0.360 e. The van der Waals surface area contributed by atoms with Gasteiger partial charge in [0.25, 0.3) is 5.56 Å². The predicted molar refractivity (Wildman–Crippen MR) is 106 cm³/mol. The summed E-state index contributed by atoms with van der Waals surface area (Å²) in [6, 6.07) is 9.02. The van der Waals surface area contributed by atoms with Gasteiger partial charge < -0.3 is 9.84 Å². The average molecular weight is 386 g/mol. The van der Waals surface area contributed by atoms with E-state index in [1.807, 2.05) is 18.2 Å². The van der Waals surface area contributed by atoms with Gasteiger partial charge in [-0.05, 0) is 25.5 Å². The lowest BCUT2D eigenvalue weighted by Crippen LogP contribution is -2.23. The van der Waals surface area contributed by atoms with Crippen molar-refractivity contribution in [2.75, 3.05) is 11.1 Å². The number of unbranched alkanes of at least 4 members (excludes halogenated alkanes) is 1. The molecule has 8 heteroatoms. The highest BCUT2D eigenvalue weighted by Crippen LogP contribution is 2.19. The van der Waals surface area contributed by atoms with Crippen molar-refractivity contribution in [2.24, 2.45) is 0 Å². The van der Waals surface area contributed by atoms with Crippen LogP contribution in [0.5, 0.6) is 0 Å². The molecule has 0 atom stereocenters. The molecule has 27 heavy (non-hydrogen) atoms. The van der Waals surface area contributed by atoms with Crippen LogP contribution in [-0.4, -0.2) is 26.4 Å². The van der Waals surface area contributed by atoms with Crippen molar-refractivity contribution in [2.45, 2.75) is 44.8 Å². The minimum Gasteiger partial charge on any atom is -0.360 e. The minimum absolute atomic E-state index is 0.0286. The number of anilines is 1. The molecule has 1 aromatic carbocycles. The zero-order chi connectivity index (χ0) is 19.2. The maximum atomic E-state index is 12.8. The molecule has 0 bridgehead atoms. The number of thioether (sulfide) groups is 1. The molecule has 142 valence electrons. The van der Waals surface area contributed by atoms with Gasteiger partial charge in [0.05, 0.1) is 10.9 Å². The highest BCUT2D eigenvalue weighted by atomic mass is 32.2. The summed E-state index contributed by atoms with van der Waals surface area (Å²) < 4.78 is 6.65. The summed E-state index contributed by atoms with van der Waals surface area (Å²) in [5.74, 6) is 1.41. The Hall–Kier alpha value is -2.61. The third kappa shape index (κ3) is 4.77. The van der Waals surface area contributed by atoms with Crippen LogP contribution in [0, 0.1) is 6.92 Å². The molecule has 7 nitrogen and oxygen atoms in total. The summed E-state index contributed by atoms with van der Waals surface area (Å²) in [4.78, 5) is 29.5. The molecule has 0 aliphatic heterocycles. The topological polar surface area (TPSA) is 90.0 Å². The van der Waals surface area contributed by atoms with E-state index in [4.69, 9.17) is 4.52 Å². The van der Waals surface area contributed by atoms with Crippen molar-refractivity contribution in [3.63, 3.8) is 0 Å². The number of amides is 1. The first-order valence-electron chi connectivity index (χ1n) is 8.94. The zero-order valence-electron chi connectivity index (χ0n) is 15.4. The Bertz CT molecular complexity index is 996. The lowest BCUT2D eigenvalue weighted by Gasteiger charge is -2.12. The molecule has 0 saturated carbocycles. The molecule has 0 aliphatic rings. The van der Waals surface area contributed by atoms with Gasteiger partial charge in [0.2, 0.25) is 5.91 Å². The van der Waals surface area contributed by atoms with Crippen LogP contribution < -0.4 is 10.9 Å². The molecule has 2 heterocycles. The van der Waals surface area contributed by atoms with Crippen LogP contribution in [-0.2, 0) is 11.3 Å². The van der Waals surface area contributed by atoms with Gasteiger partial charge in [0, 0.05) is 24.8 Å². The van der Waals surface area contributed by atoms with E-state index in [0.717, 1.165) is 12.8 Å². The summed E-state index contributed by atoms with van der Waals surface area (Å²) in [6.45, 7) is 4.47. The Morgan fingerprint density at radius 3 is 2.89 bits per heavy atom. The highest BCUT2D eigenvalue weighted by Gasteiger charge is 2.12. The number of aryl methyl sites for hydroxylation is 1. The van der Waals surface area contributed by atoms with E-state index >= 15 is 0 Å². The number of para-hydroxylation sites is 1. The van der Waals surface area contributed by atoms with E-state index in [-0.39, 0.29) is 17.9 Å². The molecule has 3 rings (SSSR count). The van der Waals surface area contributed by atoms with E-state index in [2.05, 4.69) is 22.4 Å². The fourth-order valence-electron chi connectivity index (χ4n) is 2.64. The summed E-state index contributed by atoms with van der Waals surface area (Å²) in [6.07, 6.45) is 2.18. The van der Waals surface area contributed by atoms with Gasteiger partial charge in [-0.25, -0.2) is 4.98 Å². The maximum absolute atomic E-state index is 12.8. The van der Waals surface area contributed by atoms with Gasteiger partial charge in [-0.15, -0.1) is 0 Å². The minimum atomic E-state index is -0.154. The lowest BCUT2D eigenvalue weighted by atomic mass is 10.2. The molecule has 2 aromatic heterocycles. The molecule has 0 saturated heterocycles. The summed E-state index contributed by atoms with van der Waals surface area (Å²) >= 11 is 1.42. The van der Waals surface area contributed by atoms with Crippen molar-refractivity contribution in [1.82, 2.24) is 14.7 Å². The normalized spacial score (nSPS) is 11.0. The van der Waals surface area contributed by atoms with Gasteiger partial charge in [-0.2, -0.15) is 0 Å². The van der Waals surface area contributed by atoms with E-state index in [1.165, 1.54) is 11.8 Å². The highest BCUT2D eigenvalue weighted by molar-refractivity contribution is 7.99. The van der Waals surface area contributed by atoms with E-state index in [9.17, 15) is 9.59 Å². The standard InChI is InChI=1S/C19H22N4O3S/c1-3-4-10-23-18(25)14-7-5-6-8-15(14)20-19(23)27-11-9-17(24)21-16-12-13(2)26-22-16/h5-8,12H,3-4,9-11H2,1-2H3,(H,21,22,24). The van der Waals surface area contributed by atoms with Crippen LogP contribution in [0.4, 0.5) is 5.82 Å². The number of rotatable bonds is 8. The molecule has 0 aliphatic carbocycles. The monoisotopic (exact) mass is 386 g/mol. The van der Waals surface area contributed by atoms with Crippen molar-refractivity contribution < 1.29 is 9.32 Å². The Kier molecular flexibility index (Phi) is 6.28. The van der Waals surface area contributed by atoms with Gasteiger partial charge in [0.1, 0.15) is 5.76 Å². The lowest BCUT2D eigenvalue weighted by molar-refractivity contribution is -0.115. The third-order valence-corrected chi connectivity index (χ3v) is 5.00. The fourth-order valence-corrected chi connectivity index (χ4v) is 3.60. The number of carbonyl (C=O) groups is 1. The van der Waals surface area contributed by atoms with Crippen LogP contribution >= 0.6 is 11.8 Å². The zero-order valence-corrected chi connectivity index (χ0v) is 16.2. The Morgan fingerprint density at radius 2 is 2.15 bits per heavy atom. The van der Waals surface area contributed by atoms with Gasteiger partial charge >= 0.3 is 0 Å². The van der Waals surface area contributed by atoms with Gasteiger partial charge in [0.15, 0.2) is 11.0 Å². The number of hydrogen-bond donors (Lipinski definition) is 1. The Balaban J connectivity index is 1.71. The molecular weight excluding hydrogens is 364 g/mol. The molecule has 1 N–H and O–H groups in total. The summed E-state index contributed by atoms with van der Waals surface area (Å²) in [7, 11) is 0. The van der Waals surface area contributed by atoms with E-state index in [0.29, 0.717) is 39.9 Å². The molecule has 0 radical (unpaired) electrons. The average Bonchev–Trinajstić information content (AvgIpc) is 3.06. The van der Waals surface area contributed by atoms with E-state index < -0.39 is 0 Å². The third-order valence-electron chi connectivity index (χ3n) is 4.02. The number of carbonyl (C=O) groups excluding carboxylic acids is 1. The number of fused-ring (bicyclic) bond motifs is 1. The van der Waals surface area contributed by atoms with Crippen molar-refractivity contribution in [3.05, 3.63) is 46.4 Å². The van der Waals surface area contributed by atoms with Gasteiger partial charge in [-0.3, -0.25) is 14.2 Å². The summed E-state index contributed by atoms with van der Waals surface area (Å²) in [5, 5.41) is 7.71. The SMILES string of the molecule is CCCCn1c(SCCC(=O)Nc2cc(C)on2)nc2ccccc2c1=O. The first-order chi connectivity index (χ1) is 13.1. The van der Waals surface area contributed by atoms with Gasteiger partial charge in [-0.1, -0.05) is 42.4 Å². The number of nitrogens with one attached hydrogen (secondary N) is 1. The first-order valence-corrected chi connectivity index (χ1v) is 9.92. The Labute approximate surface area is 161 Å². The second-order valence-electron chi connectivity index (χ2n) is 6.19. The second-order valence-corrected chi connectivity index (χ2v) is 7.25. The second kappa shape index (κ2) is 8.85. The summed E-state index contributed by atoms with van der Waals surface area (Å²) in [5.41, 5.74) is 0.652. The number of aromatic nitrogens is 3. The van der Waals surface area contributed by atoms with E-state index in [1.54, 1.807) is 23.6 Å². The first kappa shape index (κ1) is 19.2. The predicted octanol–water partition coefficient (Wildman–Crippen LogP) is 3.61. The molecule has 0 spiro atoms. The molecule has 1 amide bonds. The van der Waals surface area contributed by atoms with Crippen LogP contribution in [0.15, 0.2) is 44.8 Å². The molecule has 0 fully saturated rings. The van der Waals surface area contributed by atoms with Crippen molar-refractivity contribution in [1.29, 1.82) is 0 Å².